The smallest absolute Gasteiger partial charge is 0.238 e. The Labute approximate surface area is 134 Å². The zero-order chi connectivity index (χ0) is 15.8. The van der Waals surface area contributed by atoms with Crippen molar-refractivity contribution in [3.05, 3.63) is 42.6 Å². The van der Waals surface area contributed by atoms with Crippen LogP contribution in [0.4, 0.5) is 11.6 Å². The Morgan fingerprint density at radius 2 is 2.09 bits per heavy atom. The van der Waals surface area contributed by atoms with Crippen LogP contribution < -0.4 is 10.6 Å². The highest BCUT2D eigenvalue weighted by Crippen LogP contribution is 2.23. The first-order valence-corrected chi connectivity index (χ1v) is 7.78. The van der Waals surface area contributed by atoms with Crippen molar-refractivity contribution in [3.63, 3.8) is 0 Å². The van der Waals surface area contributed by atoms with E-state index in [9.17, 15) is 0 Å². The molecule has 0 radical (unpaired) electrons. The molecule has 3 heterocycles. The van der Waals surface area contributed by atoms with Crippen molar-refractivity contribution in [2.45, 2.75) is 13.0 Å². The van der Waals surface area contributed by atoms with Gasteiger partial charge in [0.1, 0.15) is 11.6 Å². The number of nitrogens with zero attached hydrogens (tertiary/aromatic N) is 4. The second-order valence-corrected chi connectivity index (χ2v) is 5.81. The van der Waals surface area contributed by atoms with Gasteiger partial charge in [-0.15, -0.1) is 0 Å². The highest BCUT2D eigenvalue weighted by atomic mass is 16.5. The van der Waals surface area contributed by atoms with Crippen LogP contribution >= 0.6 is 0 Å². The van der Waals surface area contributed by atoms with Gasteiger partial charge in [0.15, 0.2) is 0 Å². The summed E-state index contributed by atoms with van der Waals surface area (Å²) >= 11 is 0. The lowest BCUT2D eigenvalue weighted by molar-refractivity contribution is 0.0985. The molecule has 1 atom stereocenters. The highest BCUT2D eigenvalue weighted by Gasteiger charge is 2.21. The summed E-state index contributed by atoms with van der Waals surface area (Å²) < 4.78 is 7.47. The van der Waals surface area contributed by atoms with Crippen LogP contribution in [0.1, 0.15) is 6.92 Å². The lowest BCUT2D eigenvalue weighted by atomic mass is 10.2. The molecule has 0 bridgehead atoms. The minimum Gasteiger partial charge on any atom is -0.383 e. The molecule has 6 heteroatoms. The Morgan fingerprint density at radius 3 is 2.96 bits per heavy atom. The van der Waals surface area contributed by atoms with Gasteiger partial charge in [0.2, 0.25) is 5.95 Å². The topological polar surface area (TPSA) is 69.2 Å². The SMILES string of the molecule is CC1COCCN1c1cc(N)nc(-n2ccc3ccccc32)n1. The zero-order valence-electron chi connectivity index (χ0n) is 13.0. The van der Waals surface area contributed by atoms with Gasteiger partial charge in [-0.25, -0.2) is 0 Å². The maximum Gasteiger partial charge on any atom is 0.238 e. The standard InChI is InChI=1S/C17H19N5O/c1-12-11-23-9-8-21(12)16-10-15(18)19-17(20-16)22-7-6-13-4-2-3-5-14(13)22/h2-7,10,12H,8-9,11H2,1H3,(H2,18,19,20). The Bertz CT molecular complexity index is 844. The van der Waals surface area contributed by atoms with E-state index in [1.807, 2.05) is 29.0 Å². The second kappa shape index (κ2) is 5.55. The molecule has 1 aliphatic rings. The first kappa shape index (κ1) is 14.0. The first-order chi connectivity index (χ1) is 11.2. The fourth-order valence-corrected chi connectivity index (χ4v) is 3.02. The maximum absolute atomic E-state index is 6.04. The van der Waals surface area contributed by atoms with E-state index in [2.05, 4.69) is 35.0 Å². The third-order valence-corrected chi connectivity index (χ3v) is 4.20. The molecule has 1 aliphatic heterocycles. The van der Waals surface area contributed by atoms with Gasteiger partial charge in [-0.2, -0.15) is 9.97 Å². The van der Waals surface area contributed by atoms with Crippen LogP contribution in [0.2, 0.25) is 0 Å². The molecular formula is C17H19N5O. The molecule has 1 unspecified atom stereocenters. The van der Waals surface area contributed by atoms with Crippen molar-refractivity contribution < 1.29 is 4.74 Å². The molecule has 118 valence electrons. The summed E-state index contributed by atoms with van der Waals surface area (Å²) in [6.45, 7) is 4.34. The normalized spacial score (nSPS) is 18.5. The summed E-state index contributed by atoms with van der Waals surface area (Å²) in [5.41, 5.74) is 7.11. The van der Waals surface area contributed by atoms with Gasteiger partial charge in [-0.1, -0.05) is 18.2 Å². The third kappa shape index (κ3) is 2.51. The van der Waals surface area contributed by atoms with Crippen LogP contribution in [0, 0.1) is 0 Å². The largest absolute Gasteiger partial charge is 0.383 e. The summed E-state index contributed by atoms with van der Waals surface area (Å²) in [6, 6.07) is 12.3. The minimum absolute atomic E-state index is 0.271. The molecule has 0 aliphatic carbocycles. The van der Waals surface area contributed by atoms with Crippen molar-refractivity contribution in [3.8, 4) is 5.95 Å². The molecular weight excluding hydrogens is 290 g/mol. The number of ether oxygens (including phenoxy) is 1. The monoisotopic (exact) mass is 309 g/mol. The van der Waals surface area contributed by atoms with E-state index in [1.165, 1.54) is 0 Å². The van der Waals surface area contributed by atoms with Gasteiger partial charge in [0, 0.05) is 24.2 Å². The third-order valence-electron chi connectivity index (χ3n) is 4.20. The summed E-state index contributed by atoms with van der Waals surface area (Å²) in [5, 5.41) is 1.15. The van der Waals surface area contributed by atoms with E-state index in [4.69, 9.17) is 15.5 Å². The Hall–Kier alpha value is -2.60. The number of hydrogen-bond acceptors (Lipinski definition) is 5. The predicted octanol–water partition coefficient (Wildman–Crippen LogP) is 2.23. The zero-order valence-corrected chi connectivity index (χ0v) is 13.0. The number of benzene rings is 1. The van der Waals surface area contributed by atoms with Gasteiger partial charge in [0.25, 0.3) is 0 Å². The molecule has 23 heavy (non-hydrogen) atoms. The number of rotatable bonds is 2. The molecule has 4 rings (SSSR count). The van der Waals surface area contributed by atoms with Crippen molar-refractivity contribution in [1.82, 2.24) is 14.5 Å². The fraction of sp³-hybridized carbons (Fsp3) is 0.294. The van der Waals surface area contributed by atoms with E-state index in [0.29, 0.717) is 25.0 Å². The summed E-state index contributed by atoms with van der Waals surface area (Å²) in [7, 11) is 0. The van der Waals surface area contributed by atoms with E-state index in [-0.39, 0.29) is 6.04 Å². The average Bonchev–Trinajstić information content (AvgIpc) is 2.99. The first-order valence-electron chi connectivity index (χ1n) is 7.78. The van der Waals surface area contributed by atoms with E-state index in [1.54, 1.807) is 0 Å². The number of aromatic nitrogens is 3. The fourth-order valence-electron chi connectivity index (χ4n) is 3.02. The van der Waals surface area contributed by atoms with E-state index in [0.717, 1.165) is 23.3 Å². The molecule has 1 aromatic carbocycles. The van der Waals surface area contributed by atoms with Gasteiger partial charge in [-0.3, -0.25) is 4.57 Å². The van der Waals surface area contributed by atoms with Crippen LogP contribution in [-0.2, 0) is 4.74 Å². The molecule has 2 N–H and O–H groups in total. The molecule has 2 aromatic heterocycles. The lowest BCUT2D eigenvalue weighted by Gasteiger charge is -2.34. The van der Waals surface area contributed by atoms with Crippen molar-refractivity contribution in [2.24, 2.45) is 0 Å². The van der Waals surface area contributed by atoms with E-state index < -0.39 is 0 Å². The summed E-state index contributed by atoms with van der Waals surface area (Å²) in [5.74, 6) is 1.92. The van der Waals surface area contributed by atoms with Crippen LogP contribution in [0.3, 0.4) is 0 Å². The number of para-hydroxylation sites is 1. The number of nitrogen functional groups attached to an aromatic ring is 1. The second-order valence-electron chi connectivity index (χ2n) is 5.81. The van der Waals surface area contributed by atoms with Gasteiger partial charge in [-0.05, 0) is 19.1 Å². The summed E-state index contributed by atoms with van der Waals surface area (Å²) in [4.78, 5) is 11.4. The molecule has 0 amide bonds. The molecule has 0 saturated carbocycles. The Kier molecular flexibility index (Phi) is 3.38. The molecule has 3 aromatic rings. The van der Waals surface area contributed by atoms with Crippen LogP contribution in [-0.4, -0.2) is 40.3 Å². The number of nitrogens with two attached hydrogens (primary N) is 1. The quantitative estimate of drug-likeness (QED) is 0.786. The van der Waals surface area contributed by atoms with Crippen LogP contribution in [0.15, 0.2) is 42.6 Å². The van der Waals surface area contributed by atoms with Crippen LogP contribution in [0.25, 0.3) is 16.9 Å². The molecule has 6 nitrogen and oxygen atoms in total. The van der Waals surface area contributed by atoms with Crippen molar-refractivity contribution in [2.75, 3.05) is 30.4 Å². The predicted molar refractivity (Wildman–Crippen MR) is 90.9 cm³/mol. The number of hydrogen-bond donors (Lipinski definition) is 1. The van der Waals surface area contributed by atoms with Crippen molar-refractivity contribution >= 4 is 22.5 Å². The average molecular weight is 309 g/mol. The molecule has 1 fully saturated rings. The number of anilines is 2. The lowest BCUT2D eigenvalue weighted by Crippen LogP contribution is -2.44. The molecule has 0 spiro atoms. The van der Waals surface area contributed by atoms with Gasteiger partial charge < -0.3 is 15.4 Å². The number of fused-ring (bicyclic) bond motifs is 1. The van der Waals surface area contributed by atoms with Crippen molar-refractivity contribution in [1.29, 1.82) is 0 Å². The van der Waals surface area contributed by atoms with E-state index >= 15 is 0 Å². The van der Waals surface area contributed by atoms with Gasteiger partial charge in [0.05, 0.1) is 24.8 Å². The number of morpholine rings is 1. The maximum atomic E-state index is 6.04. The minimum atomic E-state index is 0.271. The highest BCUT2D eigenvalue weighted by molar-refractivity contribution is 5.81. The molecule has 1 saturated heterocycles. The Balaban J connectivity index is 1.80. The summed E-state index contributed by atoms with van der Waals surface area (Å²) in [6.07, 6.45) is 1.98. The Morgan fingerprint density at radius 1 is 1.22 bits per heavy atom. The van der Waals surface area contributed by atoms with Gasteiger partial charge >= 0.3 is 0 Å². The van der Waals surface area contributed by atoms with Crippen LogP contribution in [0.5, 0.6) is 0 Å².